The van der Waals surface area contributed by atoms with Gasteiger partial charge in [0.25, 0.3) is 5.91 Å². The van der Waals surface area contributed by atoms with Crippen LogP contribution in [0.3, 0.4) is 0 Å². The third kappa shape index (κ3) is 2.91. The predicted octanol–water partition coefficient (Wildman–Crippen LogP) is 1.19. The first-order valence-corrected chi connectivity index (χ1v) is 8.68. The Kier molecular flexibility index (Phi) is 4.10. The number of hydrogen-bond acceptors (Lipinski definition) is 5. The van der Waals surface area contributed by atoms with E-state index in [0.29, 0.717) is 29.9 Å². The van der Waals surface area contributed by atoms with Gasteiger partial charge in [-0.1, -0.05) is 0 Å². The molecule has 136 valence electrons. The normalized spacial score (nSPS) is 21.1. The quantitative estimate of drug-likeness (QED) is 0.893. The lowest BCUT2D eigenvalue weighted by Gasteiger charge is -2.25. The predicted molar refractivity (Wildman–Crippen MR) is 93.9 cm³/mol. The first-order valence-electron chi connectivity index (χ1n) is 8.68. The first-order chi connectivity index (χ1) is 12.5. The molecule has 8 heteroatoms. The topological polar surface area (TPSA) is 89.3 Å². The van der Waals surface area contributed by atoms with Crippen molar-refractivity contribution < 1.29 is 14.3 Å². The SMILES string of the molecule is COc1ccc(NC(=O)c2nnc3n2C[C@H]2CN(C(C)=O)C[C@@H]2C3)cc1. The zero-order valence-corrected chi connectivity index (χ0v) is 14.8. The van der Waals surface area contributed by atoms with Crippen LogP contribution < -0.4 is 10.1 Å². The number of likely N-dealkylation sites (tertiary alicyclic amines) is 1. The van der Waals surface area contributed by atoms with Gasteiger partial charge in [0.15, 0.2) is 0 Å². The molecule has 0 saturated carbocycles. The van der Waals surface area contributed by atoms with E-state index in [2.05, 4.69) is 15.5 Å². The number of fused-ring (bicyclic) bond motifs is 2. The van der Waals surface area contributed by atoms with Gasteiger partial charge in [0.1, 0.15) is 11.6 Å². The van der Waals surface area contributed by atoms with Crippen LogP contribution in [0, 0.1) is 11.8 Å². The summed E-state index contributed by atoms with van der Waals surface area (Å²) in [5.74, 6) is 2.42. The van der Waals surface area contributed by atoms with Crippen LogP contribution >= 0.6 is 0 Å². The number of anilines is 1. The monoisotopic (exact) mass is 355 g/mol. The molecule has 0 aliphatic carbocycles. The molecule has 2 atom stereocenters. The molecule has 2 amide bonds. The van der Waals surface area contributed by atoms with Gasteiger partial charge in [-0.2, -0.15) is 0 Å². The number of amides is 2. The summed E-state index contributed by atoms with van der Waals surface area (Å²) in [6.45, 7) is 3.77. The summed E-state index contributed by atoms with van der Waals surface area (Å²) < 4.78 is 7.01. The fraction of sp³-hybridized carbons (Fsp3) is 0.444. The summed E-state index contributed by atoms with van der Waals surface area (Å²) in [5, 5.41) is 11.2. The van der Waals surface area contributed by atoms with Gasteiger partial charge in [0.05, 0.1) is 7.11 Å². The number of aromatic nitrogens is 3. The number of methoxy groups -OCH3 is 1. The minimum absolute atomic E-state index is 0.104. The van der Waals surface area contributed by atoms with Crippen LogP contribution in [-0.2, 0) is 17.8 Å². The van der Waals surface area contributed by atoms with Crippen molar-refractivity contribution in [1.29, 1.82) is 0 Å². The zero-order chi connectivity index (χ0) is 18.3. The molecule has 2 aliphatic heterocycles. The Morgan fingerprint density at radius 2 is 1.85 bits per heavy atom. The molecule has 3 heterocycles. The largest absolute Gasteiger partial charge is 0.497 e. The molecule has 2 aromatic rings. The van der Waals surface area contributed by atoms with Gasteiger partial charge < -0.3 is 19.5 Å². The number of benzene rings is 1. The third-order valence-electron chi connectivity index (χ3n) is 5.26. The van der Waals surface area contributed by atoms with E-state index in [1.54, 1.807) is 38.3 Å². The molecule has 1 saturated heterocycles. The van der Waals surface area contributed by atoms with E-state index >= 15 is 0 Å². The summed E-state index contributed by atoms with van der Waals surface area (Å²) in [6, 6.07) is 7.13. The van der Waals surface area contributed by atoms with Crippen molar-refractivity contribution in [1.82, 2.24) is 19.7 Å². The highest BCUT2D eigenvalue weighted by Gasteiger charge is 2.39. The average Bonchev–Trinajstić information content (AvgIpc) is 3.23. The summed E-state index contributed by atoms with van der Waals surface area (Å²) in [4.78, 5) is 26.2. The van der Waals surface area contributed by atoms with Crippen LogP contribution in [0.1, 0.15) is 23.4 Å². The molecular formula is C18H21N5O3. The molecule has 26 heavy (non-hydrogen) atoms. The van der Waals surface area contributed by atoms with E-state index in [1.807, 2.05) is 9.47 Å². The van der Waals surface area contributed by atoms with E-state index in [9.17, 15) is 9.59 Å². The smallest absolute Gasteiger partial charge is 0.293 e. The van der Waals surface area contributed by atoms with Crippen molar-refractivity contribution in [2.45, 2.75) is 19.9 Å². The lowest BCUT2D eigenvalue weighted by Crippen LogP contribution is -2.31. The van der Waals surface area contributed by atoms with Gasteiger partial charge in [0, 0.05) is 38.7 Å². The molecule has 1 aromatic heterocycles. The maximum absolute atomic E-state index is 12.6. The fourth-order valence-corrected chi connectivity index (χ4v) is 3.81. The second kappa shape index (κ2) is 6.44. The van der Waals surface area contributed by atoms with Crippen LogP contribution in [0.5, 0.6) is 5.75 Å². The molecule has 0 bridgehead atoms. The van der Waals surface area contributed by atoms with Gasteiger partial charge in [-0.15, -0.1) is 10.2 Å². The van der Waals surface area contributed by atoms with Crippen LogP contribution in [0.15, 0.2) is 24.3 Å². The molecular weight excluding hydrogens is 334 g/mol. The highest BCUT2D eigenvalue weighted by Crippen LogP contribution is 2.32. The molecule has 0 spiro atoms. The standard InChI is InChI=1S/C18H21N5O3/c1-11(24)22-8-12-7-16-20-21-17(23(16)10-13(12)9-22)18(25)19-14-3-5-15(26-2)6-4-14/h3-6,12-13H,7-10H2,1-2H3,(H,19,25)/t12-,13+/m0/s1. The Bertz CT molecular complexity index is 845. The summed E-state index contributed by atoms with van der Waals surface area (Å²) in [6.07, 6.45) is 0.747. The Balaban J connectivity index is 1.50. The van der Waals surface area contributed by atoms with Crippen molar-refractivity contribution in [3.05, 3.63) is 35.9 Å². The van der Waals surface area contributed by atoms with Crippen molar-refractivity contribution in [3.8, 4) is 5.75 Å². The van der Waals surface area contributed by atoms with Crippen LogP contribution in [0.2, 0.25) is 0 Å². The highest BCUT2D eigenvalue weighted by molar-refractivity contribution is 6.01. The molecule has 0 unspecified atom stereocenters. The van der Waals surface area contributed by atoms with E-state index < -0.39 is 0 Å². The third-order valence-corrected chi connectivity index (χ3v) is 5.26. The van der Waals surface area contributed by atoms with Crippen molar-refractivity contribution in [3.63, 3.8) is 0 Å². The lowest BCUT2D eigenvalue weighted by molar-refractivity contribution is -0.128. The Hall–Kier alpha value is -2.90. The number of carbonyl (C=O) groups excluding carboxylic acids is 2. The Morgan fingerprint density at radius 3 is 2.54 bits per heavy atom. The van der Waals surface area contributed by atoms with E-state index in [-0.39, 0.29) is 11.8 Å². The number of rotatable bonds is 3. The number of nitrogens with zero attached hydrogens (tertiary/aromatic N) is 4. The van der Waals surface area contributed by atoms with Gasteiger partial charge >= 0.3 is 0 Å². The van der Waals surface area contributed by atoms with Gasteiger partial charge in [0.2, 0.25) is 11.7 Å². The molecule has 8 nitrogen and oxygen atoms in total. The van der Waals surface area contributed by atoms with E-state index in [0.717, 1.165) is 31.1 Å². The van der Waals surface area contributed by atoms with Gasteiger partial charge in [-0.3, -0.25) is 9.59 Å². The molecule has 1 N–H and O–H groups in total. The Morgan fingerprint density at radius 1 is 1.12 bits per heavy atom. The summed E-state index contributed by atoms with van der Waals surface area (Å²) in [7, 11) is 1.60. The molecule has 2 aliphatic rings. The molecule has 4 rings (SSSR count). The van der Waals surface area contributed by atoms with Gasteiger partial charge in [-0.05, 0) is 36.1 Å². The minimum Gasteiger partial charge on any atom is -0.497 e. The second-order valence-corrected chi connectivity index (χ2v) is 6.88. The van der Waals surface area contributed by atoms with Crippen LogP contribution in [0.4, 0.5) is 5.69 Å². The Labute approximate surface area is 151 Å². The average molecular weight is 355 g/mol. The van der Waals surface area contributed by atoms with Crippen molar-refractivity contribution >= 4 is 17.5 Å². The lowest BCUT2D eigenvalue weighted by atomic mass is 9.89. The highest BCUT2D eigenvalue weighted by atomic mass is 16.5. The maximum atomic E-state index is 12.6. The summed E-state index contributed by atoms with van der Waals surface area (Å²) >= 11 is 0. The molecule has 1 fully saturated rings. The van der Waals surface area contributed by atoms with Crippen LogP contribution in [0.25, 0.3) is 0 Å². The van der Waals surface area contributed by atoms with E-state index in [1.165, 1.54) is 0 Å². The number of hydrogen-bond donors (Lipinski definition) is 1. The minimum atomic E-state index is -0.284. The number of ether oxygens (including phenoxy) is 1. The number of carbonyl (C=O) groups is 2. The summed E-state index contributed by atoms with van der Waals surface area (Å²) in [5.41, 5.74) is 0.672. The van der Waals surface area contributed by atoms with Crippen molar-refractivity contribution in [2.75, 3.05) is 25.5 Å². The second-order valence-electron chi connectivity index (χ2n) is 6.88. The fourth-order valence-electron chi connectivity index (χ4n) is 3.81. The number of nitrogens with one attached hydrogen (secondary N) is 1. The first kappa shape index (κ1) is 16.6. The van der Waals surface area contributed by atoms with Gasteiger partial charge in [-0.25, -0.2) is 0 Å². The molecule has 0 radical (unpaired) electrons. The molecule has 1 aromatic carbocycles. The zero-order valence-electron chi connectivity index (χ0n) is 14.8. The van der Waals surface area contributed by atoms with E-state index in [4.69, 9.17) is 4.74 Å². The maximum Gasteiger partial charge on any atom is 0.293 e. The van der Waals surface area contributed by atoms with Crippen LogP contribution in [-0.4, -0.2) is 51.7 Å². The van der Waals surface area contributed by atoms with Crippen molar-refractivity contribution in [2.24, 2.45) is 11.8 Å².